The number of sulfonamides is 1. The standard InChI is InChI=1S/C16H18ClNO2S2/c1-12-8-9-16(21-12)22(19,20)18-10-4-6-14(18)11-13-5-2-3-7-15(13)17/h2-3,5,7-9,14H,4,6,10-11H2,1H3. The first kappa shape index (κ1) is 16.0. The number of thiophene rings is 1. The highest BCUT2D eigenvalue weighted by Gasteiger charge is 2.36. The van der Waals surface area contributed by atoms with Crippen LogP contribution < -0.4 is 0 Å². The van der Waals surface area contributed by atoms with E-state index in [1.54, 1.807) is 10.4 Å². The van der Waals surface area contributed by atoms with Gasteiger partial charge in [-0.25, -0.2) is 8.42 Å². The lowest BCUT2D eigenvalue weighted by Crippen LogP contribution is -2.36. The molecule has 1 aliphatic rings. The fourth-order valence-corrected chi connectivity index (χ4v) is 6.23. The summed E-state index contributed by atoms with van der Waals surface area (Å²) in [7, 11) is -3.39. The molecular weight excluding hydrogens is 338 g/mol. The van der Waals surface area contributed by atoms with Gasteiger partial charge < -0.3 is 0 Å². The van der Waals surface area contributed by atoms with Crippen LogP contribution in [-0.4, -0.2) is 25.3 Å². The number of hydrogen-bond acceptors (Lipinski definition) is 3. The zero-order chi connectivity index (χ0) is 15.7. The Labute approximate surface area is 140 Å². The van der Waals surface area contributed by atoms with Crippen LogP contribution in [0.2, 0.25) is 5.02 Å². The predicted octanol–water partition coefficient (Wildman–Crippen LogP) is 4.11. The van der Waals surface area contributed by atoms with Gasteiger partial charge in [0, 0.05) is 22.5 Å². The molecule has 0 saturated carbocycles. The smallest absolute Gasteiger partial charge is 0.206 e. The van der Waals surface area contributed by atoms with Crippen LogP contribution in [0, 0.1) is 6.92 Å². The summed E-state index contributed by atoms with van der Waals surface area (Å²) in [6.45, 7) is 2.52. The van der Waals surface area contributed by atoms with E-state index in [4.69, 9.17) is 11.6 Å². The number of aryl methyl sites for hydroxylation is 1. The highest BCUT2D eigenvalue weighted by molar-refractivity contribution is 7.91. The zero-order valence-electron chi connectivity index (χ0n) is 12.3. The van der Waals surface area contributed by atoms with Crippen molar-refractivity contribution in [2.75, 3.05) is 6.54 Å². The van der Waals surface area contributed by atoms with Crippen molar-refractivity contribution in [1.29, 1.82) is 0 Å². The molecule has 0 N–H and O–H groups in total. The Morgan fingerprint density at radius 2 is 2.05 bits per heavy atom. The van der Waals surface area contributed by atoms with Crippen molar-refractivity contribution >= 4 is 33.0 Å². The van der Waals surface area contributed by atoms with Crippen LogP contribution in [0.3, 0.4) is 0 Å². The minimum atomic E-state index is -3.39. The van der Waals surface area contributed by atoms with Crippen LogP contribution in [-0.2, 0) is 16.4 Å². The molecule has 1 atom stereocenters. The molecular formula is C16H18ClNO2S2. The van der Waals surface area contributed by atoms with Gasteiger partial charge in [0.2, 0.25) is 0 Å². The van der Waals surface area contributed by atoms with Gasteiger partial charge in [0.05, 0.1) is 0 Å². The van der Waals surface area contributed by atoms with Crippen molar-refractivity contribution in [2.45, 2.75) is 36.4 Å². The van der Waals surface area contributed by atoms with E-state index in [0.717, 1.165) is 23.3 Å². The molecule has 0 amide bonds. The normalized spacial score (nSPS) is 19.6. The first-order chi connectivity index (χ1) is 10.5. The number of benzene rings is 1. The van der Waals surface area contributed by atoms with Crippen molar-refractivity contribution in [2.24, 2.45) is 0 Å². The molecule has 22 heavy (non-hydrogen) atoms. The Hall–Kier alpha value is -0.880. The molecule has 118 valence electrons. The Balaban J connectivity index is 1.86. The van der Waals surface area contributed by atoms with E-state index >= 15 is 0 Å². The molecule has 6 heteroatoms. The van der Waals surface area contributed by atoms with Gasteiger partial charge in [0.1, 0.15) is 4.21 Å². The SMILES string of the molecule is Cc1ccc(S(=O)(=O)N2CCCC2Cc2ccccc2Cl)s1. The molecule has 0 spiro atoms. The highest BCUT2D eigenvalue weighted by atomic mass is 35.5. The van der Waals surface area contributed by atoms with E-state index in [0.29, 0.717) is 22.2 Å². The van der Waals surface area contributed by atoms with E-state index in [9.17, 15) is 8.42 Å². The molecule has 2 heterocycles. The maximum absolute atomic E-state index is 12.8. The molecule has 1 fully saturated rings. The molecule has 1 saturated heterocycles. The number of hydrogen-bond donors (Lipinski definition) is 0. The van der Waals surface area contributed by atoms with E-state index in [2.05, 4.69) is 0 Å². The van der Waals surface area contributed by atoms with Gasteiger partial charge in [0.25, 0.3) is 10.0 Å². The third kappa shape index (κ3) is 3.08. The van der Waals surface area contributed by atoms with Gasteiger partial charge >= 0.3 is 0 Å². The first-order valence-electron chi connectivity index (χ1n) is 7.30. The van der Waals surface area contributed by atoms with Crippen molar-refractivity contribution in [3.8, 4) is 0 Å². The molecule has 1 aliphatic heterocycles. The lowest BCUT2D eigenvalue weighted by atomic mass is 10.0. The molecule has 0 bridgehead atoms. The third-order valence-corrected chi connectivity index (χ3v) is 7.80. The fraction of sp³-hybridized carbons (Fsp3) is 0.375. The summed E-state index contributed by atoms with van der Waals surface area (Å²) in [5.74, 6) is 0. The van der Waals surface area contributed by atoms with Crippen molar-refractivity contribution < 1.29 is 8.42 Å². The average molecular weight is 356 g/mol. The summed E-state index contributed by atoms with van der Waals surface area (Å²) >= 11 is 7.56. The first-order valence-corrected chi connectivity index (χ1v) is 9.93. The lowest BCUT2D eigenvalue weighted by molar-refractivity contribution is 0.387. The topological polar surface area (TPSA) is 37.4 Å². The summed E-state index contributed by atoms with van der Waals surface area (Å²) in [5.41, 5.74) is 1.01. The summed E-state index contributed by atoms with van der Waals surface area (Å²) in [6, 6.07) is 11.2. The number of nitrogens with zero attached hydrogens (tertiary/aromatic N) is 1. The maximum Gasteiger partial charge on any atom is 0.252 e. The Morgan fingerprint density at radius 1 is 1.27 bits per heavy atom. The van der Waals surface area contributed by atoms with Crippen molar-refractivity contribution in [3.05, 3.63) is 51.9 Å². The van der Waals surface area contributed by atoms with Gasteiger partial charge in [-0.2, -0.15) is 4.31 Å². The Bertz CT molecular complexity index is 770. The van der Waals surface area contributed by atoms with Crippen molar-refractivity contribution in [1.82, 2.24) is 4.31 Å². The summed E-state index contributed by atoms with van der Waals surface area (Å²) < 4.78 is 27.8. The molecule has 1 aromatic heterocycles. The monoisotopic (exact) mass is 355 g/mol. The van der Waals surface area contributed by atoms with Gasteiger partial charge in [-0.05, 0) is 49.9 Å². The van der Waals surface area contributed by atoms with Crippen LogP contribution >= 0.6 is 22.9 Å². The van der Waals surface area contributed by atoms with Crippen LogP contribution in [0.5, 0.6) is 0 Å². The highest BCUT2D eigenvalue weighted by Crippen LogP contribution is 2.32. The minimum Gasteiger partial charge on any atom is -0.206 e. The Kier molecular flexibility index (Phi) is 4.59. The van der Waals surface area contributed by atoms with Crippen LogP contribution in [0.15, 0.2) is 40.6 Å². The number of rotatable bonds is 4. The van der Waals surface area contributed by atoms with Gasteiger partial charge in [-0.1, -0.05) is 29.8 Å². The zero-order valence-corrected chi connectivity index (χ0v) is 14.7. The van der Waals surface area contributed by atoms with Gasteiger partial charge in [-0.15, -0.1) is 11.3 Å². The van der Waals surface area contributed by atoms with E-state index in [1.165, 1.54) is 11.3 Å². The summed E-state index contributed by atoms with van der Waals surface area (Å²) in [6.07, 6.45) is 2.46. The fourth-order valence-electron chi connectivity index (χ4n) is 2.91. The van der Waals surface area contributed by atoms with Crippen LogP contribution in [0.4, 0.5) is 0 Å². The Morgan fingerprint density at radius 3 is 2.73 bits per heavy atom. The quantitative estimate of drug-likeness (QED) is 0.827. The summed E-state index contributed by atoms with van der Waals surface area (Å²) in [4.78, 5) is 1.01. The maximum atomic E-state index is 12.8. The van der Waals surface area contributed by atoms with Gasteiger partial charge in [0.15, 0.2) is 0 Å². The molecule has 0 aliphatic carbocycles. The van der Waals surface area contributed by atoms with E-state index in [-0.39, 0.29) is 6.04 Å². The molecule has 2 aromatic rings. The van der Waals surface area contributed by atoms with Gasteiger partial charge in [-0.3, -0.25) is 0 Å². The van der Waals surface area contributed by atoms with Crippen LogP contribution in [0.25, 0.3) is 0 Å². The summed E-state index contributed by atoms with van der Waals surface area (Å²) in [5, 5.41) is 0.707. The molecule has 3 rings (SSSR count). The second-order valence-electron chi connectivity index (χ2n) is 5.57. The van der Waals surface area contributed by atoms with E-state index < -0.39 is 10.0 Å². The largest absolute Gasteiger partial charge is 0.252 e. The van der Waals surface area contributed by atoms with Crippen LogP contribution in [0.1, 0.15) is 23.3 Å². The predicted molar refractivity (Wildman–Crippen MR) is 91.1 cm³/mol. The second-order valence-corrected chi connectivity index (χ2v) is 9.38. The lowest BCUT2D eigenvalue weighted by Gasteiger charge is -2.23. The molecule has 1 aromatic carbocycles. The molecule has 0 radical (unpaired) electrons. The molecule has 1 unspecified atom stereocenters. The molecule has 3 nitrogen and oxygen atoms in total. The van der Waals surface area contributed by atoms with Crippen molar-refractivity contribution in [3.63, 3.8) is 0 Å². The van der Waals surface area contributed by atoms with E-state index in [1.807, 2.05) is 37.3 Å². The minimum absolute atomic E-state index is 0.00712. The number of halogens is 1. The average Bonchev–Trinajstić information content (AvgIpc) is 3.11. The second kappa shape index (κ2) is 6.32. The third-order valence-electron chi connectivity index (χ3n) is 4.02.